The summed E-state index contributed by atoms with van der Waals surface area (Å²) in [5.74, 6) is -3.74. The average molecular weight is 711 g/mol. The summed E-state index contributed by atoms with van der Waals surface area (Å²) < 4.78 is 31.1. The standard InChI is InChI=1S/C38H50N2O11/c1-7-39-17-35(18-50-33(44)21-10-8-9-11-24(21)40-27(42)14-19(2)32(40)43)13-12-26(48-5)37-23-15-22-25(47-4)16-36(45,28(23)29(22)51-20(3)41)38(46,34(37)39)31(49-6)30(35)37/h8-11,19,22-23,25-26,28-31,34,45-46H,7,12-18H2,1-6H3/t19-,22+,23+,25-,26+,28+,29-,30-,31-,34-,35-,36+,37+,38+/m0/s1. The molecular weight excluding hydrogens is 660 g/mol. The zero-order valence-corrected chi connectivity index (χ0v) is 30.2. The molecule has 5 aliphatic carbocycles. The highest BCUT2D eigenvalue weighted by atomic mass is 16.6. The number of nitrogens with zero attached hydrogens (tertiary/aromatic N) is 2. The highest BCUT2D eigenvalue weighted by Crippen LogP contribution is 2.80. The van der Waals surface area contributed by atoms with Crippen LogP contribution >= 0.6 is 0 Å². The molecule has 51 heavy (non-hydrogen) atoms. The van der Waals surface area contributed by atoms with E-state index in [1.54, 1.807) is 52.5 Å². The minimum absolute atomic E-state index is 0.0201. The molecule has 278 valence electrons. The molecule has 14 atom stereocenters. The number of hydrogen-bond donors (Lipinski definition) is 2. The molecule has 2 amide bonds. The molecule has 5 saturated carbocycles. The van der Waals surface area contributed by atoms with E-state index in [-0.39, 0.29) is 60.5 Å². The van der Waals surface area contributed by atoms with Crippen molar-refractivity contribution in [1.29, 1.82) is 0 Å². The number of ether oxygens (including phenoxy) is 5. The van der Waals surface area contributed by atoms with Crippen molar-refractivity contribution in [2.75, 3.05) is 45.9 Å². The predicted molar refractivity (Wildman–Crippen MR) is 179 cm³/mol. The number of imide groups is 1. The summed E-state index contributed by atoms with van der Waals surface area (Å²) >= 11 is 0. The Hall–Kier alpha value is -2.94. The van der Waals surface area contributed by atoms with Crippen molar-refractivity contribution in [3.63, 3.8) is 0 Å². The molecule has 13 heteroatoms. The number of likely N-dealkylation sites (N-methyl/N-ethyl adjacent to an activating group) is 1. The lowest BCUT2D eigenvalue weighted by atomic mass is 9.42. The van der Waals surface area contributed by atoms with Crippen molar-refractivity contribution in [3.05, 3.63) is 29.8 Å². The third-order valence-corrected chi connectivity index (χ3v) is 14.6. The van der Waals surface area contributed by atoms with Crippen LogP contribution in [-0.4, -0.2) is 122 Å². The van der Waals surface area contributed by atoms with Crippen molar-refractivity contribution in [2.24, 2.45) is 40.4 Å². The molecule has 8 rings (SSSR count). The Morgan fingerprint density at radius 2 is 1.80 bits per heavy atom. The monoisotopic (exact) mass is 710 g/mol. The highest BCUT2D eigenvalue weighted by molar-refractivity contribution is 6.22. The number of aliphatic hydroxyl groups is 2. The van der Waals surface area contributed by atoms with Crippen LogP contribution in [0.2, 0.25) is 0 Å². The Morgan fingerprint density at radius 1 is 1.06 bits per heavy atom. The van der Waals surface area contributed by atoms with Gasteiger partial charge in [-0.2, -0.15) is 0 Å². The normalized spacial score (nSPS) is 46.4. The second-order valence-electron chi connectivity index (χ2n) is 16.3. The van der Waals surface area contributed by atoms with Gasteiger partial charge in [-0.3, -0.25) is 19.3 Å². The molecule has 0 unspecified atom stereocenters. The summed E-state index contributed by atoms with van der Waals surface area (Å²) in [6, 6.07) is 5.95. The molecule has 2 saturated heterocycles. The highest BCUT2D eigenvalue weighted by Gasteiger charge is 2.92. The summed E-state index contributed by atoms with van der Waals surface area (Å²) in [4.78, 5) is 55.9. The molecule has 7 fully saturated rings. The number of likely N-dealkylation sites (tertiary alicyclic amines) is 1. The summed E-state index contributed by atoms with van der Waals surface area (Å²) in [6.45, 7) is 6.10. The number of carbonyl (C=O) groups excluding carboxylic acids is 4. The number of esters is 2. The summed E-state index contributed by atoms with van der Waals surface area (Å²) in [7, 11) is 4.85. The van der Waals surface area contributed by atoms with Crippen LogP contribution in [0.5, 0.6) is 0 Å². The molecule has 7 bridgehead atoms. The fraction of sp³-hybridized carbons (Fsp3) is 0.737. The van der Waals surface area contributed by atoms with Crippen molar-refractivity contribution >= 4 is 29.4 Å². The van der Waals surface area contributed by atoms with E-state index in [9.17, 15) is 29.4 Å². The minimum Gasteiger partial charge on any atom is -0.462 e. The lowest BCUT2D eigenvalue weighted by Gasteiger charge is -2.70. The third kappa shape index (κ3) is 4.19. The summed E-state index contributed by atoms with van der Waals surface area (Å²) in [6.07, 6.45) is -0.303. The minimum atomic E-state index is -1.82. The van der Waals surface area contributed by atoms with Crippen LogP contribution in [0.1, 0.15) is 63.2 Å². The van der Waals surface area contributed by atoms with Crippen LogP contribution in [0.4, 0.5) is 5.69 Å². The molecule has 1 spiro atoms. The molecule has 2 aliphatic heterocycles. The Morgan fingerprint density at radius 3 is 2.43 bits per heavy atom. The van der Waals surface area contributed by atoms with E-state index >= 15 is 0 Å². The predicted octanol–water partition coefficient (Wildman–Crippen LogP) is 1.95. The zero-order chi connectivity index (χ0) is 36.4. The van der Waals surface area contributed by atoms with E-state index in [0.29, 0.717) is 32.4 Å². The van der Waals surface area contributed by atoms with Crippen LogP contribution in [0.3, 0.4) is 0 Å². The van der Waals surface area contributed by atoms with Gasteiger partial charge in [0, 0.05) is 82.1 Å². The first-order valence-corrected chi connectivity index (χ1v) is 18.4. The number of methoxy groups -OCH3 is 3. The Balaban J connectivity index is 1.24. The Labute approximate surface area is 297 Å². The van der Waals surface area contributed by atoms with Gasteiger partial charge in [0.1, 0.15) is 17.3 Å². The van der Waals surface area contributed by atoms with Gasteiger partial charge < -0.3 is 33.9 Å². The number of rotatable bonds is 9. The van der Waals surface area contributed by atoms with Crippen molar-refractivity contribution in [1.82, 2.24) is 4.90 Å². The maximum atomic E-state index is 14.1. The lowest BCUT2D eigenvalue weighted by Crippen LogP contribution is -2.82. The quantitative estimate of drug-likeness (QED) is 0.284. The second-order valence-corrected chi connectivity index (χ2v) is 16.3. The molecule has 2 N–H and O–H groups in total. The van der Waals surface area contributed by atoms with Gasteiger partial charge in [0.25, 0.3) is 0 Å². The molecule has 2 heterocycles. The first-order chi connectivity index (χ1) is 24.3. The van der Waals surface area contributed by atoms with Gasteiger partial charge in [0.05, 0.1) is 42.2 Å². The first-order valence-electron chi connectivity index (χ1n) is 18.4. The number of piperidine rings is 1. The maximum Gasteiger partial charge on any atom is 0.340 e. The van der Waals surface area contributed by atoms with E-state index in [1.165, 1.54) is 6.92 Å². The Bertz CT molecular complexity index is 1650. The molecule has 0 radical (unpaired) electrons. The van der Waals surface area contributed by atoms with Gasteiger partial charge in [0.2, 0.25) is 11.8 Å². The molecule has 0 aromatic heterocycles. The van der Waals surface area contributed by atoms with Gasteiger partial charge in [-0.05, 0) is 43.9 Å². The van der Waals surface area contributed by atoms with Crippen LogP contribution < -0.4 is 4.90 Å². The van der Waals surface area contributed by atoms with E-state index < -0.39 is 76.1 Å². The molecule has 7 aliphatic rings. The van der Waals surface area contributed by atoms with Crippen LogP contribution in [0, 0.1) is 40.4 Å². The van der Waals surface area contributed by atoms with Gasteiger partial charge in [-0.1, -0.05) is 26.0 Å². The zero-order valence-electron chi connectivity index (χ0n) is 30.2. The largest absolute Gasteiger partial charge is 0.462 e. The van der Waals surface area contributed by atoms with Crippen LogP contribution in [-0.2, 0) is 38.1 Å². The number of anilines is 1. The van der Waals surface area contributed by atoms with E-state index in [4.69, 9.17) is 23.7 Å². The summed E-state index contributed by atoms with van der Waals surface area (Å²) in [5.41, 5.74) is -4.72. The van der Waals surface area contributed by atoms with Gasteiger partial charge in [-0.25, -0.2) is 9.69 Å². The molecule has 1 aromatic rings. The van der Waals surface area contributed by atoms with Gasteiger partial charge in [0.15, 0.2) is 0 Å². The SMILES string of the molecule is CCN1C[C@]2(COC(=O)c3ccccc3N3C(=O)C[C@H](C)C3=O)CC[C@@H](OC)[C@]34[C@@H]5C[C@H]6[C@H](OC(C)=O)[C@@H]5[C@](O)(C[C@@H]6OC)[C@@](O)([C@@H](OC)[C@@H]23)[C@@H]14. The lowest BCUT2D eigenvalue weighted by molar-refractivity contribution is -0.319. The smallest absolute Gasteiger partial charge is 0.340 e. The fourth-order valence-electron chi connectivity index (χ4n) is 13.2. The number of benzene rings is 1. The number of fused-ring (bicyclic) bond motifs is 2. The van der Waals surface area contributed by atoms with E-state index in [0.717, 1.165) is 4.90 Å². The number of carbonyl (C=O) groups is 4. The number of para-hydroxylation sites is 1. The first kappa shape index (κ1) is 35.1. The Kier molecular flexibility index (Phi) is 8.11. The van der Waals surface area contributed by atoms with Gasteiger partial charge in [-0.15, -0.1) is 0 Å². The second kappa shape index (κ2) is 11.8. The molecular formula is C38H50N2O11. The van der Waals surface area contributed by atoms with Crippen molar-refractivity contribution in [2.45, 2.75) is 94.5 Å². The van der Waals surface area contributed by atoms with Crippen molar-refractivity contribution in [3.8, 4) is 0 Å². The maximum absolute atomic E-state index is 14.1. The molecule has 13 nitrogen and oxygen atoms in total. The molecule has 1 aromatic carbocycles. The van der Waals surface area contributed by atoms with Crippen LogP contribution in [0.25, 0.3) is 0 Å². The van der Waals surface area contributed by atoms with Gasteiger partial charge >= 0.3 is 11.9 Å². The summed E-state index contributed by atoms with van der Waals surface area (Å²) in [5, 5.41) is 26.7. The van der Waals surface area contributed by atoms with E-state index in [1.807, 2.05) is 6.92 Å². The topological polar surface area (TPSA) is 161 Å². The van der Waals surface area contributed by atoms with Crippen LogP contribution in [0.15, 0.2) is 24.3 Å². The fourth-order valence-corrected chi connectivity index (χ4v) is 13.2. The third-order valence-electron chi connectivity index (χ3n) is 14.6. The number of hydrogen-bond acceptors (Lipinski definition) is 12. The van der Waals surface area contributed by atoms with Crippen molar-refractivity contribution < 1.29 is 53.1 Å². The number of amides is 2. The average Bonchev–Trinajstić information content (AvgIpc) is 3.61. The van der Waals surface area contributed by atoms with E-state index in [2.05, 4.69) is 4.90 Å².